The zero-order valence-electron chi connectivity index (χ0n) is 15.6. The van der Waals surface area contributed by atoms with Crippen LogP contribution in [0.4, 0.5) is 0 Å². The largest absolute Gasteiger partial charge is 0.331 e. The summed E-state index contributed by atoms with van der Waals surface area (Å²) in [6.07, 6.45) is 3.27. The van der Waals surface area contributed by atoms with Gasteiger partial charge in [0.2, 0.25) is 0 Å². The molecule has 0 saturated carbocycles. The van der Waals surface area contributed by atoms with E-state index in [9.17, 15) is 0 Å². The monoisotopic (exact) mass is 319 g/mol. The molecule has 124 valence electrons. The molecule has 0 saturated heterocycles. The van der Waals surface area contributed by atoms with Crippen molar-refractivity contribution < 1.29 is 4.57 Å². The number of aromatic nitrogens is 2. The minimum Gasteiger partial charge on any atom is -0.232 e. The van der Waals surface area contributed by atoms with Crippen LogP contribution in [-0.4, -0.2) is 4.98 Å². The van der Waals surface area contributed by atoms with Crippen molar-refractivity contribution >= 4 is 10.9 Å². The molecule has 24 heavy (non-hydrogen) atoms. The van der Waals surface area contributed by atoms with Gasteiger partial charge in [0.25, 0.3) is 0 Å². The molecule has 0 N–H and O–H groups in total. The summed E-state index contributed by atoms with van der Waals surface area (Å²) >= 11 is 0. The second-order valence-corrected chi connectivity index (χ2v) is 7.38. The van der Waals surface area contributed by atoms with E-state index in [0.29, 0.717) is 5.92 Å². The van der Waals surface area contributed by atoms with E-state index in [2.05, 4.69) is 82.8 Å². The first-order valence-corrected chi connectivity index (χ1v) is 8.73. The standard InChI is InChI=1S/C22H27N2/c1-14(2)10-18-8-7-9-19-13-24(6)22(23-21(18)19)20-12-15(3)11-16(4)17(20)5/h7-9,11-14H,10H2,1-6H3/q+1. The van der Waals surface area contributed by atoms with Crippen molar-refractivity contribution in [2.45, 2.75) is 41.0 Å². The summed E-state index contributed by atoms with van der Waals surface area (Å²) in [5, 5.41) is 1.21. The van der Waals surface area contributed by atoms with Crippen LogP contribution in [0.25, 0.3) is 22.3 Å². The summed E-state index contributed by atoms with van der Waals surface area (Å²) in [4.78, 5) is 5.10. The third kappa shape index (κ3) is 3.06. The van der Waals surface area contributed by atoms with Crippen LogP contribution in [0.2, 0.25) is 0 Å². The Bertz CT molecular complexity index is 907. The van der Waals surface area contributed by atoms with Gasteiger partial charge in [0.1, 0.15) is 6.20 Å². The number of nitrogens with zero attached hydrogens (tertiary/aromatic N) is 2. The third-order valence-electron chi connectivity index (χ3n) is 4.72. The van der Waals surface area contributed by atoms with Gasteiger partial charge in [-0.15, -0.1) is 0 Å². The Morgan fingerprint density at radius 3 is 2.54 bits per heavy atom. The second-order valence-electron chi connectivity index (χ2n) is 7.38. The lowest BCUT2D eigenvalue weighted by Crippen LogP contribution is -2.32. The minimum absolute atomic E-state index is 0.623. The molecule has 0 aliphatic carbocycles. The van der Waals surface area contributed by atoms with E-state index in [1.165, 1.54) is 33.2 Å². The number of aryl methyl sites for hydroxylation is 3. The Labute approximate surface area is 145 Å². The molecular weight excluding hydrogens is 292 g/mol. The Hall–Kier alpha value is -2.22. The maximum Gasteiger partial charge on any atom is 0.331 e. The highest BCUT2D eigenvalue weighted by Crippen LogP contribution is 2.26. The van der Waals surface area contributed by atoms with Crippen LogP contribution in [0.15, 0.2) is 36.5 Å². The average Bonchev–Trinajstić information content (AvgIpc) is 2.50. The SMILES string of the molecule is Cc1cc(C)c(C)c(-c2nc3c(CC(C)C)cccc3c[n+]2C)c1. The van der Waals surface area contributed by atoms with E-state index in [1.807, 2.05) is 0 Å². The van der Waals surface area contributed by atoms with Crippen LogP contribution >= 0.6 is 0 Å². The van der Waals surface area contributed by atoms with Gasteiger partial charge in [0.15, 0.2) is 5.52 Å². The molecule has 0 amide bonds. The van der Waals surface area contributed by atoms with Gasteiger partial charge in [-0.2, -0.15) is 0 Å². The van der Waals surface area contributed by atoms with Gasteiger partial charge < -0.3 is 0 Å². The number of rotatable bonds is 3. The Morgan fingerprint density at radius 2 is 1.83 bits per heavy atom. The van der Waals surface area contributed by atoms with E-state index < -0.39 is 0 Å². The molecule has 2 heteroatoms. The zero-order chi connectivity index (χ0) is 17.4. The first-order valence-electron chi connectivity index (χ1n) is 8.73. The molecule has 3 aromatic rings. The molecule has 0 spiro atoms. The molecule has 0 bridgehead atoms. The van der Waals surface area contributed by atoms with Gasteiger partial charge >= 0.3 is 5.82 Å². The van der Waals surface area contributed by atoms with Crippen molar-refractivity contribution in [3.8, 4) is 11.4 Å². The second kappa shape index (κ2) is 6.35. The first-order chi connectivity index (χ1) is 11.4. The third-order valence-corrected chi connectivity index (χ3v) is 4.72. The fourth-order valence-electron chi connectivity index (χ4n) is 3.43. The summed E-state index contributed by atoms with van der Waals surface area (Å²) in [6, 6.07) is 11.0. The van der Waals surface area contributed by atoms with Crippen molar-refractivity contribution in [1.29, 1.82) is 0 Å². The number of fused-ring (bicyclic) bond motifs is 1. The van der Waals surface area contributed by atoms with E-state index in [0.717, 1.165) is 17.8 Å². The predicted octanol–water partition coefficient (Wildman–Crippen LogP) is 4.85. The van der Waals surface area contributed by atoms with Gasteiger partial charge in [-0.05, 0) is 66.9 Å². The van der Waals surface area contributed by atoms with E-state index >= 15 is 0 Å². The van der Waals surface area contributed by atoms with Gasteiger partial charge in [0, 0.05) is 5.56 Å². The molecule has 0 aliphatic heterocycles. The maximum absolute atomic E-state index is 5.10. The maximum atomic E-state index is 5.10. The molecule has 2 aromatic carbocycles. The number of hydrogen-bond donors (Lipinski definition) is 0. The average molecular weight is 319 g/mol. The van der Waals surface area contributed by atoms with Crippen LogP contribution in [0.1, 0.15) is 36.1 Å². The number of para-hydroxylation sites is 1. The smallest absolute Gasteiger partial charge is 0.232 e. The fraction of sp³-hybridized carbons (Fsp3) is 0.364. The Balaban J connectivity index is 2.28. The lowest BCUT2D eigenvalue weighted by atomic mass is 9.98. The van der Waals surface area contributed by atoms with Gasteiger partial charge in [-0.1, -0.05) is 32.0 Å². The van der Waals surface area contributed by atoms with Gasteiger partial charge in [-0.3, -0.25) is 0 Å². The molecule has 0 aliphatic rings. The minimum atomic E-state index is 0.623. The van der Waals surface area contributed by atoms with Crippen LogP contribution in [0.3, 0.4) is 0 Å². The highest BCUT2D eigenvalue weighted by molar-refractivity contribution is 5.82. The molecule has 0 unspecified atom stereocenters. The van der Waals surface area contributed by atoms with Crippen molar-refractivity contribution in [2.75, 3.05) is 0 Å². The summed E-state index contributed by atoms with van der Waals surface area (Å²) in [6.45, 7) is 11.0. The number of benzene rings is 2. The fourth-order valence-corrected chi connectivity index (χ4v) is 3.43. The Kier molecular flexibility index (Phi) is 4.40. The summed E-state index contributed by atoms with van der Waals surface area (Å²) in [5.74, 6) is 1.67. The molecule has 0 atom stereocenters. The summed E-state index contributed by atoms with van der Waals surface area (Å²) < 4.78 is 2.16. The number of hydrogen-bond acceptors (Lipinski definition) is 1. The van der Waals surface area contributed by atoms with Crippen molar-refractivity contribution in [3.05, 3.63) is 58.8 Å². The van der Waals surface area contributed by atoms with E-state index in [4.69, 9.17) is 4.98 Å². The quantitative estimate of drug-likeness (QED) is 0.631. The molecule has 3 rings (SSSR count). The molecule has 1 heterocycles. The predicted molar refractivity (Wildman–Crippen MR) is 101 cm³/mol. The normalized spacial score (nSPS) is 11.5. The van der Waals surface area contributed by atoms with Gasteiger partial charge in [-0.25, -0.2) is 4.57 Å². The zero-order valence-corrected chi connectivity index (χ0v) is 15.6. The lowest BCUT2D eigenvalue weighted by molar-refractivity contribution is -0.661. The molecule has 0 fully saturated rings. The van der Waals surface area contributed by atoms with Crippen LogP contribution in [0.5, 0.6) is 0 Å². The molecule has 1 aromatic heterocycles. The van der Waals surface area contributed by atoms with Crippen molar-refractivity contribution in [3.63, 3.8) is 0 Å². The highest BCUT2D eigenvalue weighted by Gasteiger charge is 2.20. The first kappa shape index (κ1) is 16.6. The topological polar surface area (TPSA) is 16.8 Å². The lowest BCUT2D eigenvalue weighted by Gasteiger charge is -2.10. The van der Waals surface area contributed by atoms with Crippen LogP contribution in [-0.2, 0) is 13.5 Å². The molecular formula is C22H27N2+. The Morgan fingerprint density at radius 1 is 1.08 bits per heavy atom. The van der Waals surface area contributed by atoms with Crippen molar-refractivity contribution in [2.24, 2.45) is 13.0 Å². The van der Waals surface area contributed by atoms with Gasteiger partial charge in [0.05, 0.1) is 18.0 Å². The highest BCUT2D eigenvalue weighted by atomic mass is 15.0. The van der Waals surface area contributed by atoms with E-state index in [1.54, 1.807) is 0 Å². The van der Waals surface area contributed by atoms with E-state index in [-0.39, 0.29) is 0 Å². The van der Waals surface area contributed by atoms with Crippen LogP contribution < -0.4 is 4.57 Å². The van der Waals surface area contributed by atoms with Crippen molar-refractivity contribution in [1.82, 2.24) is 4.98 Å². The summed E-state index contributed by atoms with van der Waals surface area (Å²) in [5.41, 5.74) is 7.62. The summed E-state index contributed by atoms with van der Waals surface area (Å²) in [7, 11) is 2.09. The van der Waals surface area contributed by atoms with Crippen LogP contribution in [0, 0.1) is 26.7 Å². The molecule has 2 nitrogen and oxygen atoms in total. The molecule has 0 radical (unpaired) electrons.